The number of carbonyl (C=O) groups is 1. The predicted molar refractivity (Wildman–Crippen MR) is 139 cm³/mol. The van der Waals surface area contributed by atoms with E-state index in [4.69, 9.17) is 5.73 Å². The summed E-state index contributed by atoms with van der Waals surface area (Å²) in [5.74, 6) is 0.00912. The second-order valence-corrected chi connectivity index (χ2v) is 9.09. The third-order valence-corrected chi connectivity index (χ3v) is 6.04. The molecular formula is C29H53NO. The number of rotatable bonds is 23. The second kappa shape index (κ2) is 25.0. The second-order valence-electron chi connectivity index (χ2n) is 9.09. The van der Waals surface area contributed by atoms with Crippen LogP contribution >= 0.6 is 0 Å². The molecule has 2 heteroatoms. The summed E-state index contributed by atoms with van der Waals surface area (Å²) in [7, 11) is 0. The quantitative estimate of drug-likeness (QED) is 0.127. The van der Waals surface area contributed by atoms with Gasteiger partial charge in [0.1, 0.15) is 0 Å². The van der Waals surface area contributed by atoms with Crippen molar-refractivity contribution in [2.24, 2.45) is 11.7 Å². The van der Waals surface area contributed by atoms with Gasteiger partial charge in [0, 0.05) is 5.92 Å². The van der Waals surface area contributed by atoms with Gasteiger partial charge in [-0.2, -0.15) is 0 Å². The van der Waals surface area contributed by atoms with Gasteiger partial charge in [-0.25, -0.2) is 0 Å². The van der Waals surface area contributed by atoms with Crippen molar-refractivity contribution in [3.05, 3.63) is 36.5 Å². The normalized spacial score (nSPS) is 13.1. The maximum atomic E-state index is 11.4. The first-order valence-electron chi connectivity index (χ1n) is 13.5. The zero-order valence-electron chi connectivity index (χ0n) is 21.0. The van der Waals surface area contributed by atoms with Gasteiger partial charge in [0.25, 0.3) is 0 Å². The Kier molecular flexibility index (Phi) is 23.9. The third-order valence-electron chi connectivity index (χ3n) is 6.04. The highest BCUT2D eigenvalue weighted by Crippen LogP contribution is 2.17. The Morgan fingerprint density at radius 1 is 0.581 bits per heavy atom. The van der Waals surface area contributed by atoms with Gasteiger partial charge in [-0.3, -0.25) is 4.79 Å². The maximum Gasteiger partial charge on any atom is 0.220 e. The van der Waals surface area contributed by atoms with E-state index in [1.165, 1.54) is 96.3 Å². The van der Waals surface area contributed by atoms with Crippen LogP contribution in [0, 0.1) is 5.92 Å². The minimum Gasteiger partial charge on any atom is -0.369 e. The SMILES string of the molecule is CCCCC/C=C/C=C/C=C/CCCCCCCCCCCCCC(CCC)C(N)=O. The standard InChI is InChI=1S/C29H53NO/c1-3-5-6-7-8-9-10-11-12-13-14-15-16-17-18-19-20-21-22-23-24-25-27-28(26-4-2)29(30)31/h8-13,28H,3-7,14-27H2,1-2H3,(H2,30,31)/b9-8+,11-10+,13-12+. The van der Waals surface area contributed by atoms with Crippen molar-refractivity contribution in [1.29, 1.82) is 0 Å². The van der Waals surface area contributed by atoms with Crippen molar-refractivity contribution >= 4 is 5.91 Å². The van der Waals surface area contributed by atoms with E-state index in [2.05, 4.69) is 50.3 Å². The molecule has 0 aromatic carbocycles. The Bertz CT molecular complexity index is 463. The van der Waals surface area contributed by atoms with Crippen LogP contribution in [0.1, 0.15) is 136 Å². The van der Waals surface area contributed by atoms with Gasteiger partial charge in [-0.05, 0) is 38.5 Å². The zero-order chi connectivity index (χ0) is 22.8. The first-order valence-corrected chi connectivity index (χ1v) is 13.5. The molecule has 0 aliphatic carbocycles. The molecule has 0 rings (SSSR count). The van der Waals surface area contributed by atoms with Crippen molar-refractivity contribution in [2.45, 2.75) is 136 Å². The van der Waals surface area contributed by atoms with Crippen LogP contribution in [0.5, 0.6) is 0 Å². The number of allylic oxidation sites excluding steroid dienone is 6. The highest BCUT2D eigenvalue weighted by molar-refractivity contribution is 5.76. The van der Waals surface area contributed by atoms with Crippen molar-refractivity contribution in [1.82, 2.24) is 0 Å². The Hall–Kier alpha value is -1.31. The molecular weight excluding hydrogens is 378 g/mol. The molecule has 1 atom stereocenters. The summed E-state index contributed by atoms with van der Waals surface area (Å²) in [4.78, 5) is 11.4. The molecule has 0 saturated carbocycles. The number of hydrogen-bond donors (Lipinski definition) is 1. The number of hydrogen-bond acceptors (Lipinski definition) is 1. The molecule has 1 unspecified atom stereocenters. The number of nitrogens with two attached hydrogens (primary N) is 1. The summed E-state index contributed by atoms with van der Waals surface area (Å²) >= 11 is 0. The highest BCUT2D eigenvalue weighted by Gasteiger charge is 2.12. The molecule has 180 valence electrons. The van der Waals surface area contributed by atoms with Crippen molar-refractivity contribution in [2.75, 3.05) is 0 Å². The molecule has 0 saturated heterocycles. The lowest BCUT2D eigenvalue weighted by Crippen LogP contribution is -2.23. The van der Waals surface area contributed by atoms with Crippen LogP contribution in [0.15, 0.2) is 36.5 Å². The van der Waals surface area contributed by atoms with Gasteiger partial charge in [0.2, 0.25) is 5.91 Å². The molecule has 2 N–H and O–H groups in total. The maximum absolute atomic E-state index is 11.4. The van der Waals surface area contributed by atoms with Gasteiger partial charge in [-0.1, -0.05) is 134 Å². The average molecular weight is 432 g/mol. The fraction of sp³-hybridized carbons (Fsp3) is 0.759. The van der Waals surface area contributed by atoms with Crippen molar-refractivity contribution in [3.63, 3.8) is 0 Å². The van der Waals surface area contributed by atoms with E-state index in [0.29, 0.717) is 0 Å². The van der Waals surface area contributed by atoms with Crippen LogP contribution in [-0.4, -0.2) is 5.91 Å². The van der Waals surface area contributed by atoms with E-state index in [0.717, 1.165) is 25.7 Å². The van der Waals surface area contributed by atoms with Gasteiger partial charge in [0.15, 0.2) is 0 Å². The molecule has 0 bridgehead atoms. The molecule has 0 aromatic heterocycles. The largest absolute Gasteiger partial charge is 0.369 e. The Morgan fingerprint density at radius 3 is 1.48 bits per heavy atom. The van der Waals surface area contributed by atoms with Crippen LogP contribution in [0.2, 0.25) is 0 Å². The lowest BCUT2D eigenvalue weighted by Gasteiger charge is -2.11. The van der Waals surface area contributed by atoms with Gasteiger partial charge >= 0.3 is 0 Å². The topological polar surface area (TPSA) is 43.1 Å². The van der Waals surface area contributed by atoms with E-state index in [1.807, 2.05) is 0 Å². The first kappa shape index (κ1) is 29.7. The van der Waals surface area contributed by atoms with E-state index < -0.39 is 0 Å². The molecule has 0 fully saturated rings. The summed E-state index contributed by atoms with van der Waals surface area (Å²) in [6, 6.07) is 0. The predicted octanol–water partition coefficient (Wildman–Crippen LogP) is 9.21. The molecule has 0 aliphatic rings. The molecule has 0 heterocycles. The van der Waals surface area contributed by atoms with E-state index in [-0.39, 0.29) is 11.8 Å². The molecule has 0 aliphatic heterocycles. The summed E-state index contributed by atoms with van der Waals surface area (Å²) in [5, 5.41) is 0. The van der Waals surface area contributed by atoms with E-state index >= 15 is 0 Å². The van der Waals surface area contributed by atoms with Crippen LogP contribution in [-0.2, 0) is 4.79 Å². The summed E-state index contributed by atoms with van der Waals surface area (Å²) < 4.78 is 0. The summed E-state index contributed by atoms with van der Waals surface area (Å²) in [5.41, 5.74) is 5.47. The molecule has 0 aromatic rings. The number of primary amides is 1. The minimum atomic E-state index is -0.101. The third kappa shape index (κ3) is 23.2. The van der Waals surface area contributed by atoms with Crippen LogP contribution in [0.25, 0.3) is 0 Å². The average Bonchev–Trinajstić information content (AvgIpc) is 2.76. The van der Waals surface area contributed by atoms with Gasteiger partial charge in [0.05, 0.1) is 0 Å². The molecule has 1 amide bonds. The fourth-order valence-corrected chi connectivity index (χ4v) is 4.01. The Labute approximate surface area is 194 Å². The highest BCUT2D eigenvalue weighted by atomic mass is 16.1. The van der Waals surface area contributed by atoms with Gasteiger partial charge in [-0.15, -0.1) is 0 Å². The first-order chi connectivity index (χ1) is 15.2. The molecule has 0 spiro atoms. The monoisotopic (exact) mass is 431 g/mol. The lowest BCUT2D eigenvalue weighted by atomic mass is 9.95. The number of carbonyl (C=O) groups excluding carboxylic acids is 1. The summed E-state index contributed by atoms with van der Waals surface area (Å²) in [6.45, 7) is 4.37. The smallest absolute Gasteiger partial charge is 0.220 e. The number of amides is 1. The van der Waals surface area contributed by atoms with Crippen LogP contribution in [0.3, 0.4) is 0 Å². The Balaban J connectivity index is 3.32. The van der Waals surface area contributed by atoms with Crippen molar-refractivity contribution < 1.29 is 4.79 Å². The van der Waals surface area contributed by atoms with Crippen LogP contribution < -0.4 is 5.73 Å². The summed E-state index contributed by atoms with van der Waals surface area (Å²) in [6.07, 6.45) is 37.3. The Morgan fingerprint density at radius 2 is 1.03 bits per heavy atom. The van der Waals surface area contributed by atoms with Crippen LogP contribution in [0.4, 0.5) is 0 Å². The fourth-order valence-electron chi connectivity index (χ4n) is 4.01. The van der Waals surface area contributed by atoms with E-state index in [9.17, 15) is 4.79 Å². The minimum absolute atomic E-state index is 0.101. The molecule has 2 nitrogen and oxygen atoms in total. The zero-order valence-corrected chi connectivity index (χ0v) is 21.0. The molecule has 0 radical (unpaired) electrons. The van der Waals surface area contributed by atoms with E-state index in [1.54, 1.807) is 0 Å². The van der Waals surface area contributed by atoms with Crippen molar-refractivity contribution in [3.8, 4) is 0 Å². The number of unbranched alkanes of at least 4 members (excludes halogenated alkanes) is 14. The molecule has 31 heavy (non-hydrogen) atoms. The van der Waals surface area contributed by atoms with Gasteiger partial charge < -0.3 is 5.73 Å². The lowest BCUT2D eigenvalue weighted by molar-refractivity contribution is -0.122.